The number of anilines is 2. The van der Waals surface area contributed by atoms with Crippen LogP contribution in [0.15, 0.2) is 51.4 Å². The molecule has 4 aromatic rings. The standard InChI is InChI=1S/C20H19N5OS2/c1-13-3-6-15(7-4-13)21-19-22-16(11-27-19)12-28-20-23-18(24-25-20)10-9-17-8-5-14(2)26-17/h3-11H,12H2,1-2H3,(H,21,22)(H,23,24,25)/b10-9+. The first-order chi connectivity index (χ1) is 13.6. The fourth-order valence-electron chi connectivity index (χ4n) is 2.43. The molecule has 0 aliphatic carbocycles. The normalized spacial score (nSPS) is 11.4. The van der Waals surface area contributed by atoms with Crippen molar-refractivity contribution >= 4 is 46.1 Å². The minimum Gasteiger partial charge on any atom is -0.462 e. The number of benzene rings is 1. The van der Waals surface area contributed by atoms with Crippen LogP contribution in [0.25, 0.3) is 12.2 Å². The summed E-state index contributed by atoms with van der Waals surface area (Å²) in [5, 5.41) is 14.1. The lowest BCUT2D eigenvalue weighted by molar-refractivity contribution is 0.525. The number of hydrogen-bond acceptors (Lipinski definition) is 7. The van der Waals surface area contributed by atoms with Gasteiger partial charge in [-0.15, -0.1) is 16.4 Å². The van der Waals surface area contributed by atoms with Crippen LogP contribution in [-0.4, -0.2) is 20.2 Å². The molecule has 0 unspecified atom stereocenters. The van der Waals surface area contributed by atoms with Gasteiger partial charge in [0.05, 0.1) is 5.69 Å². The average Bonchev–Trinajstić information content (AvgIpc) is 3.42. The summed E-state index contributed by atoms with van der Waals surface area (Å²) in [6.45, 7) is 3.99. The Morgan fingerprint density at radius 3 is 2.75 bits per heavy atom. The van der Waals surface area contributed by atoms with Crippen LogP contribution in [0.5, 0.6) is 0 Å². The molecule has 0 spiro atoms. The first-order valence-corrected chi connectivity index (χ1v) is 10.6. The highest BCUT2D eigenvalue weighted by molar-refractivity contribution is 7.98. The van der Waals surface area contributed by atoms with Crippen LogP contribution in [-0.2, 0) is 5.75 Å². The molecule has 0 saturated heterocycles. The molecule has 0 saturated carbocycles. The molecule has 0 amide bonds. The van der Waals surface area contributed by atoms with Crippen molar-refractivity contribution in [3.63, 3.8) is 0 Å². The highest BCUT2D eigenvalue weighted by Crippen LogP contribution is 2.25. The molecule has 0 aliphatic rings. The van der Waals surface area contributed by atoms with Crippen LogP contribution in [0.3, 0.4) is 0 Å². The minimum atomic E-state index is 0.691. The van der Waals surface area contributed by atoms with Gasteiger partial charge in [-0.3, -0.25) is 5.10 Å². The van der Waals surface area contributed by atoms with Gasteiger partial charge in [0.15, 0.2) is 5.13 Å². The molecule has 3 aromatic heterocycles. The van der Waals surface area contributed by atoms with Crippen molar-refractivity contribution < 1.29 is 4.42 Å². The van der Waals surface area contributed by atoms with E-state index in [9.17, 15) is 0 Å². The van der Waals surface area contributed by atoms with E-state index in [1.165, 1.54) is 5.56 Å². The van der Waals surface area contributed by atoms with Gasteiger partial charge >= 0.3 is 0 Å². The maximum Gasteiger partial charge on any atom is 0.209 e. The molecule has 0 fully saturated rings. The lowest BCUT2D eigenvalue weighted by Gasteiger charge is -2.02. The maximum atomic E-state index is 5.50. The molecule has 8 heteroatoms. The van der Waals surface area contributed by atoms with Crippen molar-refractivity contribution in [1.82, 2.24) is 20.2 Å². The Labute approximate surface area is 171 Å². The number of H-pyrrole nitrogens is 1. The van der Waals surface area contributed by atoms with Gasteiger partial charge in [0.25, 0.3) is 0 Å². The van der Waals surface area contributed by atoms with Crippen molar-refractivity contribution in [3.05, 3.63) is 70.4 Å². The second-order valence-electron chi connectivity index (χ2n) is 6.21. The van der Waals surface area contributed by atoms with E-state index in [1.807, 2.05) is 31.2 Å². The van der Waals surface area contributed by atoms with Gasteiger partial charge in [-0.2, -0.15) is 0 Å². The zero-order chi connectivity index (χ0) is 19.3. The van der Waals surface area contributed by atoms with E-state index >= 15 is 0 Å². The lowest BCUT2D eigenvalue weighted by atomic mass is 10.2. The molecule has 1 aromatic carbocycles. The molecule has 142 valence electrons. The Kier molecular flexibility index (Phi) is 5.59. The number of thioether (sulfide) groups is 1. The van der Waals surface area contributed by atoms with Crippen LogP contribution >= 0.6 is 23.1 Å². The highest BCUT2D eigenvalue weighted by Gasteiger charge is 2.07. The Balaban J connectivity index is 1.31. The number of nitrogens with one attached hydrogen (secondary N) is 2. The van der Waals surface area contributed by atoms with E-state index in [4.69, 9.17) is 4.42 Å². The second-order valence-corrected chi connectivity index (χ2v) is 8.01. The second kappa shape index (κ2) is 8.45. The van der Waals surface area contributed by atoms with Crippen molar-refractivity contribution in [2.24, 2.45) is 0 Å². The fourth-order valence-corrected chi connectivity index (χ4v) is 3.96. The number of rotatable bonds is 7. The molecule has 0 atom stereocenters. The third kappa shape index (κ3) is 4.90. The maximum absolute atomic E-state index is 5.50. The van der Waals surface area contributed by atoms with Crippen LogP contribution < -0.4 is 5.32 Å². The smallest absolute Gasteiger partial charge is 0.209 e. The summed E-state index contributed by atoms with van der Waals surface area (Å²) >= 11 is 3.14. The summed E-state index contributed by atoms with van der Waals surface area (Å²) in [5.74, 6) is 3.08. The van der Waals surface area contributed by atoms with Gasteiger partial charge in [-0.1, -0.05) is 29.5 Å². The number of hydrogen-bond donors (Lipinski definition) is 2. The molecular weight excluding hydrogens is 390 g/mol. The third-order valence-electron chi connectivity index (χ3n) is 3.85. The van der Waals surface area contributed by atoms with E-state index in [0.717, 1.165) is 28.0 Å². The van der Waals surface area contributed by atoms with E-state index in [1.54, 1.807) is 23.1 Å². The monoisotopic (exact) mass is 409 g/mol. The molecule has 0 radical (unpaired) electrons. The first kappa shape index (κ1) is 18.5. The molecule has 0 bridgehead atoms. The molecule has 0 aliphatic heterocycles. The Morgan fingerprint density at radius 2 is 1.96 bits per heavy atom. The predicted molar refractivity (Wildman–Crippen MR) is 115 cm³/mol. The van der Waals surface area contributed by atoms with Crippen molar-refractivity contribution in [1.29, 1.82) is 0 Å². The van der Waals surface area contributed by atoms with Crippen LogP contribution in [0.2, 0.25) is 0 Å². The number of furan rings is 1. The average molecular weight is 410 g/mol. The van der Waals surface area contributed by atoms with Gasteiger partial charge in [0, 0.05) is 16.8 Å². The first-order valence-electron chi connectivity index (χ1n) is 8.72. The summed E-state index contributed by atoms with van der Waals surface area (Å²) in [5.41, 5.74) is 3.27. The van der Waals surface area contributed by atoms with Crippen LogP contribution in [0.4, 0.5) is 10.8 Å². The van der Waals surface area contributed by atoms with Crippen LogP contribution in [0.1, 0.15) is 28.6 Å². The number of thiazole rings is 1. The van der Waals surface area contributed by atoms with E-state index in [2.05, 4.69) is 62.1 Å². The largest absolute Gasteiger partial charge is 0.462 e. The molecule has 4 rings (SSSR count). The summed E-state index contributed by atoms with van der Waals surface area (Å²) < 4.78 is 5.50. The Morgan fingerprint density at radius 1 is 1.11 bits per heavy atom. The van der Waals surface area contributed by atoms with Gasteiger partial charge in [-0.05, 0) is 50.3 Å². The highest BCUT2D eigenvalue weighted by atomic mass is 32.2. The zero-order valence-corrected chi connectivity index (χ0v) is 17.1. The summed E-state index contributed by atoms with van der Waals surface area (Å²) in [6.07, 6.45) is 3.72. The van der Waals surface area contributed by atoms with Gasteiger partial charge < -0.3 is 9.73 Å². The van der Waals surface area contributed by atoms with E-state index in [0.29, 0.717) is 16.7 Å². The SMILES string of the molecule is Cc1ccc(Nc2nc(CSc3n[nH]c(/C=C/c4ccc(C)o4)n3)cs2)cc1. The van der Waals surface area contributed by atoms with E-state index in [-0.39, 0.29) is 0 Å². The number of aryl methyl sites for hydroxylation is 2. The molecule has 3 heterocycles. The number of nitrogens with zero attached hydrogens (tertiary/aromatic N) is 3. The van der Waals surface area contributed by atoms with Crippen molar-refractivity contribution in [2.45, 2.75) is 24.8 Å². The predicted octanol–water partition coefficient (Wildman–Crippen LogP) is 5.68. The van der Waals surface area contributed by atoms with Gasteiger partial charge in [-0.25, -0.2) is 9.97 Å². The quantitative estimate of drug-likeness (QED) is 0.382. The molecule has 28 heavy (non-hydrogen) atoms. The van der Waals surface area contributed by atoms with Crippen LogP contribution in [0, 0.1) is 13.8 Å². The fraction of sp³-hybridized carbons (Fsp3) is 0.150. The summed E-state index contributed by atoms with van der Waals surface area (Å²) in [6, 6.07) is 12.1. The van der Waals surface area contributed by atoms with Gasteiger partial charge in [0.2, 0.25) is 5.16 Å². The molecular formula is C20H19N5OS2. The topological polar surface area (TPSA) is 79.6 Å². The minimum absolute atomic E-state index is 0.691. The van der Waals surface area contributed by atoms with Gasteiger partial charge in [0.1, 0.15) is 17.3 Å². The summed E-state index contributed by atoms with van der Waals surface area (Å²) in [7, 11) is 0. The Hall–Kier alpha value is -2.84. The zero-order valence-electron chi connectivity index (χ0n) is 15.5. The third-order valence-corrected chi connectivity index (χ3v) is 5.54. The number of aromatic nitrogens is 4. The molecule has 2 N–H and O–H groups in total. The number of aromatic amines is 1. The van der Waals surface area contributed by atoms with Crippen molar-refractivity contribution in [2.75, 3.05) is 5.32 Å². The van der Waals surface area contributed by atoms with Crippen molar-refractivity contribution in [3.8, 4) is 0 Å². The Bertz CT molecular complexity index is 1080. The lowest BCUT2D eigenvalue weighted by Crippen LogP contribution is -1.90. The van der Waals surface area contributed by atoms with E-state index < -0.39 is 0 Å². The summed E-state index contributed by atoms with van der Waals surface area (Å²) in [4.78, 5) is 9.08. The molecule has 6 nitrogen and oxygen atoms in total.